The van der Waals surface area contributed by atoms with Crippen LogP contribution in [0.1, 0.15) is 64.9 Å². The van der Waals surface area contributed by atoms with Crippen molar-refractivity contribution in [3.8, 4) is 0 Å². The standard InChI is InChI=1S/C24H27N3O3S/c1-4-24(2,3)14-9-10-17-13(11-14)12-16-19(25)20(31-22(16)27-17)21(28)26-18-8-6-5-7-15(18)23(29)30/h5-8,12,14H,4,9-11,25H2,1-3H3,(H,26,28)(H,29,30). The lowest BCUT2D eigenvalue weighted by Gasteiger charge is -2.36. The Morgan fingerprint density at radius 1 is 1.32 bits per heavy atom. The van der Waals surface area contributed by atoms with Crippen molar-refractivity contribution in [2.75, 3.05) is 11.1 Å². The highest BCUT2D eigenvalue weighted by Crippen LogP contribution is 2.42. The van der Waals surface area contributed by atoms with E-state index >= 15 is 0 Å². The number of nitrogens with two attached hydrogens (primary N) is 1. The monoisotopic (exact) mass is 437 g/mol. The first-order valence-electron chi connectivity index (χ1n) is 10.6. The van der Waals surface area contributed by atoms with E-state index in [4.69, 9.17) is 10.7 Å². The van der Waals surface area contributed by atoms with Crippen molar-refractivity contribution in [1.29, 1.82) is 0 Å². The second-order valence-corrected chi connectivity index (χ2v) is 9.88. The summed E-state index contributed by atoms with van der Waals surface area (Å²) >= 11 is 1.25. The number of rotatable bonds is 5. The summed E-state index contributed by atoms with van der Waals surface area (Å²) in [4.78, 5) is 30.3. The van der Waals surface area contributed by atoms with E-state index in [-0.39, 0.29) is 16.7 Å². The Labute approximate surface area is 185 Å². The Hall–Kier alpha value is -2.93. The van der Waals surface area contributed by atoms with Gasteiger partial charge in [0.15, 0.2) is 0 Å². The summed E-state index contributed by atoms with van der Waals surface area (Å²) in [5, 5.41) is 12.9. The van der Waals surface area contributed by atoms with Gasteiger partial charge in [-0.2, -0.15) is 0 Å². The number of hydrogen-bond donors (Lipinski definition) is 3. The van der Waals surface area contributed by atoms with Crippen LogP contribution in [-0.2, 0) is 12.8 Å². The molecule has 1 aliphatic rings. The molecule has 2 aromatic heterocycles. The first-order valence-corrected chi connectivity index (χ1v) is 11.4. The Balaban J connectivity index is 1.66. The molecular formula is C24H27N3O3S. The molecule has 0 saturated heterocycles. The Morgan fingerprint density at radius 2 is 2.06 bits per heavy atom. The summed E-state index contributed by atoms with van der Waals surface area (Å²) in [6, 6.07) is 8.42. The smallest absolute Gasteiger partial charge is 0.337 e. The molecule has 7 heteroatoms. The van der Waals surface area contributed by atoms with E-state index in [1.165, 1.54) is 23.0 Å². The lowest BCUT2D eigenvalue weighted by atomic mass is 9.69. The van der Waals surface area contributed by atoms with Crippen molar-refractivity contribution < 1.29 is 14.7 Å². The number of fused-ring (bicyclic) bond motifs is 2. The number of nitrogens with one attached hydrogen (secondary N) is 1. The van der Waals surface area contributed by atoms with E-state index in [0.29, 0.717) is 16.5 Å². The van der Waals surface area contributed by atoms with Gasteiger partial charge in [-0.25, -0.2) is 9.78 Å². The van der Waals surface area contributed by atoms with Gasteiger partial charge in [0, 0.05) is 11.1 Å². The number of nitrogens with zero attached hydrogens (tertiary/aromatic N) is 1. The molecule has 1 amide bonds. The summed E-state index contributed by atoms with van der Waals surface area (Å²) in [5.41, 5.74) is 9.64. The maximum Gasteiger partial charge on any atom is 0.337 e. The lowest BCUT2D eigenvalue weighted by Crippen LogP contribution is -2.29. The van der Waals surface area contributed by atoms with Crippen LogP contribution < -0.4 is 11.1 Å². The number of carboxylic acids is 1. The van der Waals surface area contributed by atoms with Crippen molar-refractivity contribution in [2.45, 2.75) is 46.5 Å². The number of para-hydroxylation sites is 1. The molecule has 4 rings (SSSR count). The van der Waals surface area contributed by atoms with Crippen molar-refractivity contribution in [3.05, 3.63) is 52.0 Å². The molecular weight excluding hydrogens is 410 g/mol. The number of carbonyl (C=O) groups is 2. The largest absolute Gasteiger partial charge is 0.478 e. The van der Waals surface area contributed by atoms with E-state index < -0.39 is 11.9 Å². The summed E-state index contributed by atoms with van der Waals surface area (Å²) < 4.78 is 0. The fourth-order valence-electron chi connectivity index (χ4n) is 4.27. The van der Waals surface area contributed by atoms with Gasteiger partial charge in [0.25, 0.3) is 5.91 Å². The van der Waals surface area contributed by atoms with E-state index in [1.54, 1.807) is 18.2 Å². The Kier molecular flexibility index (Phi) is 5.47. The molecule has 1 aromatic carbocycles. The van der Waals surface area contributed by atoms with Crippen LogP contribution in [0.4, 0.5) is 11.4 Å². The van der Waals surface area contributed by atoms with E-state index in [0.717, 1.165) is 41.6 Å². The highest BCUT2D eigenvalue weighted by atomic mass is 32.1. The maximum atomic E-state index is 12.9. The van der Waals surface area contributed by atoms with Crippen LogP contribution in [-0.4, -0.2) is 22.0 Å². The fraction of sp³-hybridized carbons (Fsp3) is 0.375. The molecule has 1 atom stereocenters. The quantitative estimate of drug-likeness (QED) is 0.498. The molecule has 0 saturated carbocycles. The number of thiophene rings is 1. The van der Waals surface area contributed by atoms with E-state index in [2.05, 4.69) is 32.2 Å². The number of benzene rings is 1. The average Bonchev–Trinajstić information content (AvgIpc) is 3.07. The summed E-state index contributed by atoms with van der Waals surface area (Å²) in [7, 11) is 0. The number of amides is 1. The third-order valence-corrected chi connectivity index (χ3v) is 7.83. The fourth-order valence-corrected chi connectivity index (χ4v) is 5.26. The van der Waals surface area contributed by atoms with E-state index in [9.17, 15) is 14.7 Å². The van der Waals surface area contributed by atoms with Crippen molar-refractivity contribution >= 4 is 44.8 Å². The van der Waals surface area contributed by atoms with Crippen molar-refractivity contribution in [3.63, 3.8) is 0 Å². The number of aryl methyl sites for hydroxylation is 1. The van der Waals surface area contributed by atoms with Gasteiger partial charge in [-0.15, -0.1) is 11.3 Å². The SMILES string of the molecule is CCC(C)(C)C1CCc2nc3sc(C(=O)Nc4ccccc4C(=O)O)c(N)c3cc2C1. The predicted molar refractivity (Wildman–Crippen MR) is 125 cm³/mol. The molecule has 2 heterocycles. The molecule has 0 spiro atoms. The minimum atomic E-state index is -1.10. The first-order chi connectivity index (χ1) is 14.7. The molecule has 0 radical (unpaired) electrons. The van der Waals surface area contributed by atoms with Gasteiger partial charge in [0.1, 0.15) is 9.71 Å². The number of nitrogen functional groups attached to an aromatic ring is 1. The molecule has 0 fully saturated rings. The summed E-state index contributed by atoms with van der Waals surface area (Å²) in [6.45, 7) is 6.89. The predicted octanol–water partition coefficient (Wildman–Crippen LogP) is 5.37. The van der Waals surface area contributed by atoms with Gasteiger partial charge in [-0.3, -0.25) is 4.79 Å². The molecule has 3 aromatic rings. The molecule has 0 bridgehead atoms. The molecule has 6 nitrogen and oxygen atoms in total. The second kappa shape index (κ2) is 7.96. The molecule has 0 aliphatic heterocycles. The molecule has 4 N–H and O–H groups in total. The van der Waals surface area contributed by atoms with Crippen LogP contribution in [0.15, 0.2) is 30.3 Å². The second-order valence-electron chi connectivity index (χ2n) is 8.88. The Morgan fingerprint density at radius 3 is 2.77 bits per heavy atom. The van der Waals surface area contributed by atoms with Crippen LogP contribution >= 0.6 is 11.3 Å². The van der Waals surface area contributed by atoms with Crippen LogP contribution in [0.2, 0.25) is 0 Å². The zero-order valence-corrected chi connectivity index (χ0v) is 18.8. The van der Waals surface area contributed by atoms with Gasteiger partial charge < -0.3 is 16.2 Å². The van der Waals surface area contributed by atoms with Gasteiger partial charge in [-0.1, -0.05) is 39.3 Å². The van der Waals surface area contributed by atoms with Gasteiger partial charge in [-0.05, 0) is 54.4 Å². The summed E-state index contributed by atoms with van der Waals surface area (Å²) in [5.74, 6) is -0.921. The molecule has 1 aliphatic carbocycles. The van der Waals surface area contributed by atoms with Crippen LogP contribution in [0.5, 0.6) is 0 Å². The van der Waals surface area contributed by atoms with Crippen molar-refractivity contribution in [1.82, 2.24) is 4.98 Å². The Bertz CT molecular complexity index is 1180. The first kappa shape index (κ1) is 21.3. The highest BCUT2D eigenvalue weighted by Gasteiger charge is 2.32. The zero-order valence-electron chi connectivity index (χ0n) is 18.0. The van der Waals surface area contributed by atoms with Gasteiger partial charge in [0.2, 0.25) is 0 Å². The lowest BCUT2D eigenvalue weighted by molar-refractivity contribution is 0.0698. The number of pyridine rings is 1. The van der Waals surface area contributed by atoms with E-state index in [1.807, 2.05) is 0 Å². The number of aromatic nitrogens is 1. The number of carboxylic acid groups (broad SMARTS) is 1. The van der Waals surface area contributed by atoms with Crippen molar-refractivity contribution in [2.24, 2.45) is 11.3 Å². The third-order valence-electron chi connectivity index (χ3n) is 6.71. The maximum absolute atomic E-state index is 12.9. The third kappa shape index (κ3) is 3.90. The molecule has 1 unspecified atom stereocenters. The number of aromatic carboxylic acids is 1. The average molecular weight is 438 g/mol. The van der Waals surface area contributed by atoms with Crippen LogP contribution in [0.3, 0.4) is 0 Å². The molecule has 31 heavy (non-hydrogen) atoms. The number of carbonyl (C=O) groups excluding carboxylic acids is 1. The number of hydrogen-bond acceptors (Lipinski definition) is 5. The van der Waals surface area contributed by atoms with Crippen LogP contribution in [0.25, 0.3) is 10.2 Å². The van der Waals surface area contributed by atoms with Crippen LogP contribution in [0, 0.1) is 11.3 Å². The minimum absolute atomic E-state index is 0.0358. The summed E-state index contributed by atoms with van der Waals surface area (Å²) in [6.07, 6.45) is 4.16. The molecule has 162 valence electrons. The zero-order chi connectivity index (χ0) is 22.3. The van der Waals surface area contributed by atoms with Gasteiger partial charge in [0.05, 0.1) is 16.9 Å². The topological polar surface area (TPSA) is 105 Å². The number of anilines is 2. The minimum Gasteiger partial charge on any atom is -0.478 e. The highest BCUT2D eigenvalue weighted by molar-refractivity contribution is 7.21. The van der Waals surface area contributed by atoms with Gasteiger partial charge >= 0.3 is 5.97 Å². The normalized spacial score (nSPS) is 16.2.